The molecule has 0 bridgehead atoms. The molecule has 0 spiro atoms. The zero-order chi connectivity index (χ0) is 22.0. The molecule has 4 aromatic rings. The van der Waals surface area contributed by atoms with Crippen LogP contribution in [0.5, 0.6) is 5.75 Å². The summed E-state index contributed by atoms with van der Waals surface area (Å²) in [6.45, 7) is 1.68. The Balaban J connectivity index is 1.78. The number of anilines is 1. The standard InChI is InChI=1S/C22H16Cl2N2O5/c1-2-29-18(27)11-30-17-8-7-13(19-12-5-3-4-6-16(12)31-21(17)19)22(28)26-20-14(23)9-25-10-15(20)24/h3-10H,2,11H2,1H3,(H,25,26,28). The number of rotatable bonds is 6. The molecule has 0 unspecified atom stereocenters. The molecular formula is C22H16Cl2N2O5. The fourth-order valence-electron chi connectivity index (χ4n) is 3.16. The van der Waals surface area contributed by atoms with E-state index in [4.69, 9.17) is 37.1 Å². The molecule has 1 amide bonds. The van der Waals surface area contributed by atoms with E-state index in [1.54, 1.807) is 25.1 Å². The topological polar surface area (TPSA) is 90.7 Å². The molecule has 0 saturated carbocycles. The second-order valence-electron chi connectivity index (χ2n) is 6.44. The molecule has 0 aliphatic heterocycles. The molecule has 1 N–H and O–H groups in total. The molecule has 7 nitrogen and oxygen atoms in total. The Hall–Kier alpha value is -3.29. The number of carbonyl (C=O) groups excluding carboxylic acids is 2. The van der Waals surface area contributed by atoms with Crippen LogP contribution in [0.1, 0.15) is 17.3 Å². The van der Waals surface area contributed by atoms with Crippen molar-refractivity contribution in [2.24, 2.45) is 0 Å². The van der Waals surface area contributed by atoms with E-state index in [0.717, 1.165) is 5.39 Å². The third-order valence-corrected chi connectivity index (χ3v) is 5.05. The van der Waals surface area contributed by atoms with Crippen LogP contribution in [0.25, 0.3) is 21.9 Å². The SMILES string of the molecule is CCOC(=O)COc1ccc(C(=O)Nc2c(Cl)cncc2Cl)c2c1oc1ccccc12. The van der Waals surface area contributed by atoms with E-state index in [0.29, 0.717) is 27.9 Å². The van der Waals surface area contributed by atoms with Gasteiger partial charge in [-0.05, 0) is 25.1 Å². The van der Waals surface area contributed by atoms with E-state index >= 15 is 0 Å². The lowest BCUT2D eigenvalue weighted by Gasteiger charge is -2.11. The Labute approximate surface area is 186 Å². The maximum absolute atomic E-state index is 13.1. The zero-order valence-electron chi connectivity index (χ0n) is 16.3. The number of ether oxygens (including phenoxy) is 2. The number of benzene rings is 2. The van der Waals surface area contributed by atoms with Crippen molar-refractivity contribution in [3.8, 4) is 5.75 Å². The highest BCUT2D eigenvalue weighted by Gasteiger charge is 2.21. The lowest BCUT2D eigenvalue weighted by Crippen LogP contribution is -2.15. The van der Waals surface area contributed by atoms with Crippen LogP contribution < -0.4 is 10.1 Å². The van der Waals surface area contributed by atoms with Gasteiger partial charge in [0.1, 0.15) is 5.58 Å². The molecule has 0 aliphatic carbocycles. The van der Waals surface area contributed by atoms with Crippen molar-refractivity contribution in [2.45, 2.75) is 6.92 Å². The molecule has 0 saturated heterocycles. The minimum atomic E-state index is -0.504. The van der Waals surface area contributed by atoms with Crippen LogP contribution in [0.2, 0.25) is 10.0 Å². The maximum atomic E-state index is 13.1. The second-order valence-corrected chi connectivity index (χ2v) is 7.25. The minimum absolute atomic E-state index is 0.212. The van der Waals surface area contributed by atoms with E-state index in [9.17, 15) is 9.59 Å². The average Bonchev–Trinajstić information content (AvgIpc) is 3.15. The van der Waals surface area contributed by atoms with Crippen molar-refractivity contribution < 1.29 is 23.5 Å². The minimum Gasteiger partial charge on any atom is -0.478 e. The van der Waals surface area contributed by atoms with Gasteiger partial charge in [0, 0.05) is 23.2 Å². The number of furan rings is 1. The Bertz CT molecular complexity index is 1280. The first-order chi connectivity index (χ1) is 15.0. The molecule has 0 aliphatic rings. The quantitative estimate of drug-likeness (QED) is 0.384. The van der Waals surface area contributed by atoms with Crippen LogP contribution >= 0.6 is 23.2 Å². The highest BCUT2D eigenvalue weighted by Crippen LogP contribution is 2.38. The normalized spacial score (nSPS) is 10.9. The molecule has 4 rings (SSSR count). The van der Waals surface area contributed by atoms with Gasteiger partial charge in [-0.2, -0.15) is 0 Å². The number of fused-ring (bicyclic) bond motifs is 3. The predicted molar refractivity (Wildman–Crippen MR) is 118 cm³/mol. The van der Waals surface area contributed by atoms with E-state index in [2.05, 4.69) is 10.3 Å². The lowest BCUT2D eigenvalue weighted by atomic mass is 10.0. The number of para-hydroxylation sites is 1. The van der Waals surface area contributed by atoms with Gasteiger partial charge < -0.3 is 19.2 Å². The van der Waals surface area contributed by atoms with Gasteiger partial charge in [-0.25, -0.2) is 4.79 Å². The summed E-state index contributed by atoms with van der Waals surface area (Å²) >= 11 is 12.3. The summed E-state index contributed by atoms with van der Waals surface area (Å²) in [5.41, 5.74) is 1.49. The van der Waals surface area contributed by atoms with Crippen LogP contribution in [-0.4, -0.2) is 30.1 Å². The third-order valence-electron chi connectivity index (χ3n) is 4.48. The number of pyridine rings is 1. The number of carbonyl (C=O) groups is 2. The Morgan fingerprint density at radius 2 is 1.84 bits per heavy atom. The van der Waals surface area contributed by atoms with Gasteiger partial charge in [0.05, 0.1) is 27.9 Å². The number of nitrogens with one attached hydrogen (secondary N) is 1. The number of halogens is 2. The Kier molecular flexibility index (Phi) is 5.97. The molecule has 2 aromatic heterocycles. The lowest BCUT2D eigenvalue weighted by molar-refractivity contribution is -0.145. The highest BCUT2D eigenvalue weighted by molar-refractivity contribution is 6.40. The molecule has 9 heteroatoms. The van der Waals surface area contributed by atoms with Crippen molar-refractivity contribution >= 4 is 62.7 Å². The van der Waals surface area contributed by atoms with Gasteiger partial charge in [0.15, 0.2) is 17.9 Å². The van der Waals surface area contributed by atoms with Crippen molar-refractivity contribution in [1.29, 1.82) is 0 Å². The van der Waals surface area contributed by atoms with Crippen LogP contribution in [-0.2, 0) is 9.53 Å². The van der Waals surface area contributed by atoms with Gasteiger partial charge in [0.25, 0.3) is 5.91 Å². The molecule has 0 atom stereocenters. The molecular weight excluding hydrogens is 443 g/mol. The number of amides is 1. The van der Waals surface area contributed by atoms with Crippen LogP contribution in [0, 0.1) is 0 Å². The number of hydrogen-bond acceptors (Lipinski definition) is 6. The summed E-state index contributed by atoms with van der Waals surface area (Å²) in [6, 6.07) is 10.4. The zero-order valence-corrected chi connectivity index (χ0v) is 17.8. The van der Waals surface area contributed by atoms with Crippen molar-refractivity contribution in [1.82, 2.24) is 4.98 Å². The largest absolute Gasteiger partial charge is 0.478 e. The van der Waals surface area contributed by atoms with Crippen LogP contribution in [0.4, 0.5) is 5.69 Å². The van der Waals surface area contributed by atoms with Gasteiger partial charge in [-0.3, -0.25) is 9.78 Å². The molecule has 2 aromatic carbocycles. The van der Waals surface area contributed by atoms with Gasteiger partial charge in [-0.1, -0.05) is 41.4 Å². The number of aromatic nitrogens is 1. The Morgan fingerprint density at radius 3 is 2.58 bits per heavy atom. The smallest absolute Gasteiger partial charge is 0.344 e. The van der Waals surface area contributed by atoms with Gasteiger partial charge in [-0.15, -0.1) is 0 Å². The summed E-state index contributed by atoms with van der Waals surface area (Å²) < 4.78 is 16.4. The van der Waals surface area contributed by atoms with E-state index < -0.39 is 11.9 Å². The van der Waals surface area contributed by atoms with Crippen molar-refractivity contribution in [3.05, 3.63) is 64.4 Å². The van der Waals surface area contributed by atoms with E-state index in [1.807, 2.05) is 18.2 Å². The Morgan fingerprint density at radius 1 is 1.10 bits per heavy atom. The van der Waals surface area contributed by atoms with Crippen molar-refractivity contribution in [2.75, 3.05) is 18.5 Å². The maximum Gasteiger partial charge on any atom is 0.344 e. The van der Waals surface area contributed by atoms with Crippen LogP contribution in [0.3, 0.4) is 0 Å². The van der Waals surface area contributed by atoms with Crippen molar-refractivity contribution in [3.63, 3.8) is 0 Å². The molecule has 158 valence electrons. The first kappa shape index (κ1) is 21.0. The van der Waals surface area contributed by atoms with Gasteiger partial charge >= 0.3 is 5.97 Å². The summed E-state index contributed by atoms with van der Waals surface area (Å²) in [4.78, 5) is 28.7. The fourth-order valence-corrected chi connectivity index (χ4v) is 3.62. The first-order valence-electron chi connectivity index (χ1n) is 9.32. The highest BCUT2D eigenvalue weighted by atomic mass is 35.5. The summed E-state index contributed by atoms with van der Waals surface area (Å²) in [5.74, 6) is -0.630. The summed E-state index contributed by atoms with van der Waals surface area (Å²) in [6.07, 6.45) is 2.77. The summed E-state index contributed by atoms with van der Waals surface area (Å²) in [5, 5.41) is 4.41. The summed E-state index contributed by atoms with van der Waals surface area (Å²) in [7, 11) is 0. The van der Waals surface area contributed by atoms with Gasteiger partial charge in [0.2, 0.25) is 0 Å². The monoisotopic (exact) mass is 458 g/mol. The third kappa shape index (κ3) is 4.15. The number of hydrogen-bond donors (Lipinski definition) is 1. The molecule has 0 radical (unpaired) electrons. The fraction of sp³-hybridized carbons (Fsp3) is 0.136. The molecule has 31 heavy (non-hydrogen) atoms. The van der Waals surface area contributed by atoms with E-state index in [-0.39, 0.29) is 28.9 Å². The first-order valence-corrected chi connectivity index (χ1v) is 10.1. The molecule has 2 heterocycles. The predicted octanol–water partition coefficient (Wildman–Crippen LogP) is 5.48. The molecule has 0 fully saturated rings. The second kappa shape index (κ2) is 8.83. The number of nitrogens with zero attached hydrogens (tertiary/aromatic N) is 1. The van der Waals surface area contributed by atoms with Crippen LogP contribution in [0.15, 0.2) is 53.2 Å². The number of esters is 1. The van der Waals surface area contributed by atoms with E-state index in [1.165, 1.54) is 12.4 Å². The average molecular weight is 459 g/mol.